The number of halogens is 1. The first-order chi connectivity index (χ1) is 14.9. The van der Waals surface area contributed by atoms with Crippen LogP contribution in [0, 0.1) is 0 Å². The van der Waals surface area contributed by atoms with Gasteiger partial charge in [-0.05, 0) is 55.1 Å². The average Bonchev–Trinajstić information content (AvgIpc) is 3.29. The highest BCUT2D eigenvalue weighted by atomic mass is 79.9. The lowest BCUT2D eigenvalue weighted by Crippen LogP contribution is -2.36. The predicted molar refractivity (Wildman–Crippen MR) is 119 cm³/mol. The highest BCUT2D eigenvalue weighted by Crippen LogP contribution is 2.41. The van der Waals surface area contributed by atoms with Crippen LogP contribution in [0.4, 0.5) is 10.5 Å². The molecule has 2 aromatic rings. The smallest absolute Gasteiger partial charge is 0.294 e. The number of rotatable bonds is 6. The van der Waals surface area contributed by atoms with Crippen molar-refractivity contribution in [2.24, 2.45) is 0 Å². The number of hydrogen-bond donors (Lipinski definition) is 1. The second kappa shape index (κ2) is 9.03. The first-order valence-electron chi connectivity index (χ1n) is 9.32. The molecule has 3 amide bonds. The van der Waals surface area contributed by atoms with Gasteiger partial charge in [0.1, 0.15) is 12.3 Å². The van der Waals surface area contributed by atoms with Crippen LogP contribution in [0.25, 0.3) is 6.08 Å². The third kappa shape index (κ3) is 4.70. The highest BCUT2D eigenvalue weighted by Gasteiger charge is 2.36. The van der Waals surface area contributed by atoms with Gasteiger partial charge in [-0.3, -0.25) is 19.3 Å². The van der Waals surface area contributed by atoms with Crippen molar-refractivity contribution in [2.45, 2.75) is 6.92 Å². The van der Waals surface area contributed by atoms with Crippen LogP contribution in [-0.4, -0.2) is 41.9 Å². The standard InChI is InChI=1S/C21H17BrN2O6S/c1-2-28-15-9-17-16(29-11-30-17)7-12(15)8-18-20(26)24(21(27)31-18)10-19(25)23-14-5-3-13(22)4-6-14/h3-9H,2,10-11H2,1H3,(H,23,25)/b18-8+. The molecular formula is C21H17BrN2O6S. The van der Waals surface area contributed by atoms with E-state index in [1.54, 1.807) is 42.5 Å². The first kappa shape index (κ1) is 21.3. The van der Waals surface area contributed by atoms with Crippen molar-refractivity contribution in [2.75, 3.05) is 25.3 Å². The molecule has 0 unspecified atom stereocenters. The number of imide groups is 1. The van der Waals surface area contributed by atoms with Crippen LogP contribution in [0.5, 0.6) is 17.2 Å². The Morgan fingerprint density at radius 1 is 1.23 bits per heavy atom. The number of carbonyl (C=O) groups excluding carboxylic acids is 3. The molecule has 10 heteroatoms. The Labute approximate surface area is 190 Å². The third-order valence-electron chi connectivity index (χ3n) is 4.39. The van der Waals surface area contributed by atoms with Gasteiger partial charge in [-0.15, -0.1) is 0 Å². The lowest BCUT2D eigenvalue weighted by Gasteiger charge is -2.12. The van der Waals surface area contributed by atoms with Crippen LogP contribution in [0.1, 0.15) is 12.5 Å². The fraction of sp³-hybridized carbons (Fsp3) is 0.190. The number of thioether (sulfide) groups is 1. The van der Waals surface area contributed by atoms with Gasteiger partial charge in [0.2, 0.25) is 12.7 Å². The third-order valence-corrected chi connectivity index (χ3v) is 5.83. The summed E-state index contributed by atoms with van der Waals surface area (Å²) in [4.78, 5) is 38.6. The molecule has 0 spiro atoms. The molecule has 0 atom stereocenters. The summed E-state index contributed by atoms with van der Waals surface area (Å²) in [6.07, 6.45) is 1.56. The fourth-order valence-electron chi connectivity index (χ4n) is 2.99. The zero-order chi connectivity index (χ0) is 22.0. The van der Waals surface area contributed by atoms with Gasteiger partial charge in [-0.25, -0.2) is 0 Å². The number of benzene rings is 2. The molecule has 1 fully saturated rings. The van der Waals surface area contributed by atoms with Gasteiger partial charge in [0.25, 0.3) is 11.1 Å². The van der Waals surface area contributed by atoms with Gasteiger partial charge in [-0.1, -0.05) is 15.9 Å². The van der Waals surface area contributed by atoms with E-state index in [9.17, 15) is 14.4 Å². The Bertz CT molecular complexity index is 1090. The molecule has 2 aliphatic rings. The summed E-state index contributed by atoms with van der Waals surface area (Å²) in [6, 6.07) is 10.4. The van der Waals surface area contributed by atoms with Crippen LogP contribution in [0.15, 0.2) is 45.8 Å². The number of anilines is 1. The molecule has 4 rings (SSSR count). The molecule has 8 nitrogen and oxygen atoms in total. The maximum absolute atomic E-state index is 12.8. The molecule has 0 aliphatic carbocycles. The molecule has 0 radical (unpaired) electrons. The number of amides is 3. The van der Waals surface area contributed by atoms with E-state index in [2.05, 4.69) is 21.2 Å². The Morgan fingerprint density at radius 2 is 1.94 bits per heavy atom. The summed E-state index contributed by atoms with van der Waals surface area (Å²) in [5, 5.41) is 2.16. The molecule has 160 valence electrons. The molecule has 0 saturated carbocycles. The van der Waals surface area contributed by atoms with Gasteiger partial charge in [0.15, 0.2) is 11.5 Å². The Morgan fingerprint density at radius 3 is 2.65 bits per heavy atom. The molecule has 1 N–H and O–H groups in total. The average molecular weight is 505 g/mol. The first-order valence-corrected chi connectivity index (χ1v) is 10.9. The molecule has 0 aromatic heterocycles. The molecule has 2 heterocycles. The lowest BCUT2D eigenvalue weighted by atomic mass is 10.1. The van der Waals surface area contributed by atoms with Crippen molar-refractivity contribution in [1.29, 1.82) is 0 Å². The van der Waals surface area contributed by atoms with Gasteiger partial charge in [-0.2, -0.15) is 0 Å². The zero-order valence-electron chi connectivity index (χ0n) is 16.3. The van der Waals surface area contributed by atoms with E-state index in [-0.39, 0.29) is 18.2 Å². The molecule has 2 aliphatic heterocycles. The van der Waals surface area contributed by atoms with Crippen LogP contribution < -0.4 is 19.5 Å². The maximum atomic E-state index is 12.8. The largest absolute Gasteiger partial charge is 0.493 e. The van der Waals surface area contributed by atoms with Gasteiger partial charge < -0.3 is 19.5 Å². The van der Waals surface area contributed by atoms with E-state index in [1.165, 1.54) is 0 Å². The van der Waals surface area contributed by atoms with Gasteiger partial charge >= 0.3 is 0 Å². The summed E-state index contributed by atoms with van der Waals surface area (Å²) >= 11 is 4.09. The van der Waals surface area contributed by atoms with Crippen LogP contribution in [0.2, 0.25) is 0 Å². The number of carbonyl (C=O) groups is 3. The summed E-state index contributed by atoms with van der Waals surface area (Å²) in [7, 11) is 0. The van der Waals surface area contributed by atoms with E-state index in [0.717, 1.165) is 21.1 Å². The predicted octanol–water partition coefficient (Wildman–Crippen LogP) is 4.25. The minimum Gasteiger partial charge on any atom is -0.493 e. The number of hydrogen-bond acceptors (Lipinski definition) is 7. The Hall–Kier alpha value is -2.98. The number of ether oxygens (including phenoxy) is 3. The second-order valence-corrected chi connectivity index (χ2v) is 8.41. The van der Waals surface area contributed by atoms with Crippen molar-refractivity contribution >= 4 is 56.5 Å². The Kier molecular flexibility index (Phi) is 6.19. The molecule has 1 saturated heterocycles. The summed E-state index contributed by atoms with van der Waals surface area (Å²) in [5.41, 5.74) is 1.15. The minimum atomic E-state index is -0.541. The van der Waals surface area contributed by atoms with Crippen molar-refractivity contribution in [3.63, 3.8) is 0 Å². The molecule has 0 bridgehead atoms. The zero-order valence-corrected chi connectivity index (χ0v) is 18.7. The SMILES string of the molecule is CCOc1cc2c(cc1/C=C1/SC(=O)N(CC(=O)Nc3ccc(Br)cc3)C1=O)OCO2. The number of fused-ring (bicyclic) bond motifs is 1. The van der Waals surface area contributed by atoms with Crippen LogP contribution in [0.3, 0.4) is 0 Å². The van der Waals surface area contributed by atoms with E-state index < -0.39 is 17.1 Å². The number of nitrogens with zero attached hydrogens (tertiary/aromatic N) is 1. The van der Waals surface area contributed by atoms with Crippen LogP contribution >= 0.6 is 27.7 Å². The molecule has 31 heavy (non-hydrogen) atoms. The lowest BCUT2D eigenvalue weighted by molar-refractivity contribution is -0.127. The van der Waals surface area contributed by atoms with Gasteiger partial charge in [0.05, 0.1) is 11.5 Å². The van der Waals surface area contributed by atoms with Gasteiger partial charge in [0, 0.05) is 21.8 Å². The molecule has 2 aromatic carbocycles. The van der Waals surface area contributed by atoms with Crippen LogP contribution in [-0.2, 0) is 9.59 Å². The maximum Gasteiger partial charge on any atom is 0.294 e. The van der Waals surface area contributed by atoms with E-state index >= 15 is 0 Å². The van der Waals surface area contributed by atoms with Crippen molar-refractivity contribution in [3.8, 4) is 17.2 Å². The van der Waals surface area contributed by atoms with Crippen molar-refractivity contribution < 1.29 is 28.6 Å². The van der Waals surface area contributed by atoms with E-state index in [0.29, 0.717) is 35.1 Å². The topological polar surface area (TPSA) is 94.2 Å². The van der Waals surface area contributed by atoms with Crippen molar-refractivity contribution in [3.05, 3.63) is 51.3 Å². The minimum absolute atomic E-state index is 0.106. The highest BCUT2D eigenvalue weighted by molar-refractivity contribution is 9.10. The Balaban J connectivity index is 1.51. The van der Waals surface area contributed by atoms with E-state index in [4.69, 9.17) is 14.2 Å². The summed E-state index contributed by atoms with van der Waals surface area (Å²) < 4.78 is 17.3. The van der Waals surface area contributed by atoms with Crippen molar-refractivity contribution in [1.82, 2.24) is 4.90 Å². The fourth-order valence-corrected chi connectivity index (χ4v) is 4.08. The summed E-state index contributed by atoms with van der Waals surface area (Å²) in [6.45, 7) is 1.98. The quantitative estimate of drug-likeness (QED) is 0.587. The summed E-state index contributed by atoms with van der Waals surface area (Å²) in [5.74, 6) is 0.581. The normalized spacial score (nSPS) is 16.2. The van der Waals surface area contributed by atoms with E-state index in [1.807, 2.05) is 6.92 Å². The number of nitrogens with one attached hydrogen (secondary N) is 1. The molecular weight excluding hydrogens is 488 g/mol. The second-order valence-electron chi connectivity index (χ2n) is 6.50. The monoisotopic (exact) mass is 504 g/mol.